The van der Waals surface area contributed by atoms with Crippen molar-refractivity contribution in [2.75, 3.05) is 0 Å². The molecular formula is C11H11Br2N2+. The van der Waals surface area contributed by atoms with Crippen LogP contribution in [0.3, 0.4) is 0 Å². The van der Waals surface area contributed by atoms with Gasteiger partial charge in [-0.25, -0.2) is 9.13 Å². The van der Waals surface area contributed by atoms with Crippen LogP contribution in [0.15, 0.2) is 45.9 Å². The normalized spacial score (nSPS) is 10.6. The zero-order chi connectivity index (χ0) is 10.8. The van der Waals surface area contributed by atoms with Crippen LogP contribution in [-0.4, -0.2) is 4.57 Å². The van der Waals surface area contributed by atoms with Gasteiger partial charge in [0.1, 0.15) is 18.1 Å². The van der Waals surface area contributed by atoms with Gasteiger partial charge in [0.05, 0.1) is 6.54 Å². The van der Waals surface area contributed by atoms with Gasteiger partial charge in [-0.3, -0.25) is 0 Å². The van der Waals surface area contributed by atoms with Crippen molar-refractivity contribution in [2.45, 2.75) is 13.5 Å². The van der Waals surface area contributed by atoms with Gasteiger partial charge in [0.15, 0.2) is 0 Å². The molecule has 78 valence electrons. The number of hydrogen-bond donors (Lipinski definition) is 0. The van der Waals surface area contributed by atoms with Crippen LogP contribution in [0.5, 0.6) is 0 Å². The predicted octanol–water partition coefficient (Wildman–Crippen LogP) is 3.31. The first-order valence-corrected chi connectivity index (χ1v) is 6.31. The van der Waals surface area contributed by atoms with Gasteiger partial charge in [-0.05, 0) is 25.1 Å². The topological polar surface area (TPSA) is 8.81 Å². The number of nitrogens with zero attached hydrogens (tertiary/aromatic N) is 2. The number of aromatic nitrogens is 2. The minimum Gasteiger partial charge on any atom is -0.237 e. The molecule has 0 saturated carbocycles. The lowest BCUT2D eigenvalue weighted by atomic mass is 10.3. The molecule has 15 heavy (non-hydrogen) atoms. The van der Waals surface area contributed by atoms with Crippen LogP contribution in [0.25, 0.3) is 5.69 Å². The van der Waals surface area contributed by atoms with Gasteiger partial charge in [-0.15, -0.1) is 0 Å². The summed E-state index contributed by atoms with van der Waals surface area (Å²) in [5.74, 6) is 0. The van der Waals surface area contributed by atoms with E-state index in [1.807, 2.05) is 6.07 Å². The molecule has 4 heteroatoms. The molecule has 0 aliphatic heterocycles. The number of halogens is 2. The predicted molar refractivity (Wildman–Crippen MR) is 67.0 cm³/mol. The lowest BCUT2D eigenvalue weighted by Gasteiger charge is -1.98. The second kappa shape index (κ2) is 4.49. The number of rotatable bonds is 2. The molecule has 0 aliphatic rings. The molecule has 0 fully saturated rings. The molecule has 0 aliphatic carbocycles. The Morgan fingerprint density at radius 2 is 1.87 bits per heavy atom. The molecule has 1 heterocycles. The summed E-state index contributed by atoms with van der Waals surface area (Å²) >= 11 is 6.97. The van der Waals surface area contributed by atoms with Gasteiger partial charge in [0.25, 0.3) is 0 Å². The van der Waals surface area contributed by atoms with E-state index in [9.17, 15) is 0 Å². The Kier molecular flexibility index (Phi) is 3.26. The Labute approximate surface area is 106 Å². The number of aryl methyl sites for hydroxylation is 1. The molecule has 0 saturated heterocycles. The Hall–Kier alpha value is -0.610. The lowest BCUT2D eigenvalue weighted by Crippen LogP contribution is -2.28. The summed E-state index contributed by atoms with van der Waals surface area (Å²) in [6.45, 7) is 3.11. The van der Waals surface area contributed by atoms with Crippen LogP contribution in [-0.2, 0) is 6.54 Å². The zero-order valence-electron chi connectivity index (χ0n) is 8.32. The van der Waals surface area contributed by atoms with Crippen molar-refractivity contribution in [3.05, 3.63) is 45.9 Å². The fourth-order valence-electron chi connectivity index (χ4n) is 1.42. The first-order chi connectivity index (χ1) is 7.19. The summed E-state index contributed by atoms with van der Waals surface area (Å²) in [6.07, 6.45) is 6.20. The molecule has 0 bridgehead atoms. The van der Waals surface area contributed by atoms with Crippen molar-refractivity contribution in [1.82, 2.24) is 4.57 Å². The summed E-state index contributed by atoms with van der Waals surface area (Å²) < 4.78 is 6.38. The molecular weight excluding hydrogens is 320 g/mol. The van der Waals surface area contributed by atoms with Crippen molar-refractivity contribution in [1.29, 1.82) is 0 Å². The Balaban J connectivity index is 2.44. The van der Waals surface area contributed by atoms with E-state index in [1.54, 1.807) is 0 Å². The Morgan fingerprint density at radius 3 is 2.40 bits per heavy atom. The van der Waals surface area contributed by atoms with Gasteiger partial charge in [-0.1, -0.05) is 31.9 Å². The third-order valence-corrected chi connectivity index (χ3v) is 3.12. The van der Waals surface area contributed by atoms with Crippen LogP contribution in [0.2, 0.25) is 0 Å². The Bertz CT molecular complexity index is 457. The zero-order valence-corrected chi connectivity index (χ0v) is 11.5. The molecule has 2 aromatic rings. The monoisotopic (exact) mass is 329 g/mol. The molecule has 0 atom stereocenters. The molecule has 0 spiro atoms. The van der Waals surface area contributed by atoms with E-state index in [1.165, 1.54) is 0 Å². The van der Waals surface area contributed by atoms with Crippen LogP contribution in [0, 0.1) is 0 Å². The second-order valence-corrected chi connectivity index (χ2v) is 5.11. The molecule has 1 aromatic heterocycles. The second-order valence-electron chi connectivity index (χ2n) is 3.28. The van der Waals surface area contributed by atoms with Crippen LogP contribution < -0.4 is 4.57 Å². The molecule has 2 nitrogen and oxygen atoms in total. The van der Waals surface area contributed by atoms with E-state index in [2.05, 4.69) is 78.8 Å². The van der Waals surface area contributed by atoms with E-state index in [0.717, 1.165) is 21.2 Å². The SMILES string of the molecule is CC[n+]1ccn(-c2cc(Br)cc(Br)c2)c1. The molecule has 0 radical (unpaired) electrons. The minimum atomic E-state index is 0.988. The average molecular weight is 331 g/mol. The standard InChI is InChI=1S/C11H11Br2N2/c1-2-14-3-4-15(8-14)11-6-9(12)5-10(13)7-11/h3-8H,2H2,1H3/q+1. The van der Waals surface area contributed by atoms with E-state index in [-0.39, 0.29) is 0 Å². The van der Waals surface area contributed by atoms with E-state index in [0.29, 0.717) is 0 Å². The molecule has 0 N–H and O–H groups in total. The highest BCUT2D eigenvalue weighted by molar-refractivity contribution is 9.11. The van der Waals surface area contributed by atoms with Crippen molar-refractivity contribution >= 4 is 31.9 Å². The highest BCUT2D eigenvalue weighted by Crippen LogP contribution is 2.22. The van der Waals surface area contributed by atoms with Crippen molar-refractivity contribution in [3.8, 4) is 5.69 Å². The molecule has 2 rings (SSSR count). The smallest absolute Gasteiger partial charge is 0.237 e. The summed E-state index contributed by atoms with van der Waals surface area (Å²) in [5, 5.41) is 0. The van der Waals surface area contributed by atoms with Crippen molar-refractivity contribution in [3.63, 3.8) is 0 Å². The maximum atomic E-state index is 3.48. The number of hydrogen-bond acceptors (Lipinski definition) is 0. The third kappa shape index (κ3) is 2.49. The van der Waals surface area contributed by atoms with E-state index >= 15 is 0 Å². The third-order valence-electron chi connectivity index (χ3n) is 2.20. The van der Waals surface area contributed by atoms with E-state index in [4.69, 9.17) is 0 Å². The van der Waals surface area contributed by atoms with Crippen LogP contribution in [0.1, 0.15) is 6.92 Å². The van der Waals surface area contributed by atoms with E-state index < -0.39 is 0 Å². The van der Waals surface area contributed by atoms with Gasteiger partial charge < -0.3 is 0 Å². The average Bonchev–Trinajstić information content (AvgIpc) is 2.64. The summed E-state index contributed by atoms with van der Waals surface area (Å²) in [4.78, 5) is 0. The summed E-state index contributed by atoms with van der Waals surface area (Å²) in [5.41, 5.74) is 1.14. The molecule has 0 unspecified atom stereocenters. The summed E-state index contributed by atoms with van der Waals surface area (Å²) in [7, 11) is 0. The lowest BCUT2D eigenvalue weighted by molar-refractivity contribution is -0.692. The fraction of sp³-hybridized carbons (Fsp3) is 0.182. The quantitative estimate of drug-likeness (QED) is 0.747. The maximum absolute atomic E-state index is 3.48. The Morgan fingerprint density at radius 1 is 1.20 bits per heavy atom. The number of benzene rings is 1. The van der Waals surface area contributed by atoms with Gasteiger partial charge in [-0.2, -0.15) is 0 Å². The fourth-order valence-corrected chi connectivity index (χ4v) is 2.69. The van der Waals surface area contributed by atoms with Crippen LogP contribution in [0.4, 0.5) is 0 Å². The van der Waals surface area contributed by atoms with Crippen molar-refractivity contribution < 1.29 is 4.57 Å². The van der Waals surface area contributed by atoms with Gasteiger partial charge in [0, 0.05) is 8.95 Å². The number of imidazole rings is 1. The largest absolute Gasteiger partial charge is 0.248 e. The molecule has 1 aromatic carbocycles. The maximum Gasteiger partial charge on any atom is 0.248 e. The highest BCUT2D eigenvalue weighted by atomic mass is 79.9. The van der Waals surface area contributed by atoms with Crippen LogP contribution >= 0.6 is 31.9 Å². The van der Waals surface area contributed by atoms with Crippen molar-refractivity contribution in [2.24, 2.45) is 0 Å². The minimum absolute atomic E-state index is 0.988. The first kappa shape index (κ1) is 10.9. The van der Waals surface area contributed by atoms with Gasteiger partial charge >= 0.3 is 0 Å². The highest BCUT2D eigenvalue weighted by Gasteiger charge is 2.06. The van der Waals surface area contributed by atoms with Gasteiger partial charge in [0.2, 0.25) is 6.33 Å². The molecule has 0 amide bonds. The summed E-state index contributed by atoms with van der Waals surface area (Å²) in [6, 6.07) is 6.20. The first-order valence-electron chi connectivity index (χ1n) is 4.72.